The predicted molar refractivity (Wildman–Crippen MR) is 81.2 cm³/mol. The van der Waals surface area contributed by atoms with Gasteiger partial charge in [-0.25, -0.2) is 0 Å². The van der Waals surface area contributed by atoms with Crippen molar-refractivity contribution in [3.8, 4) is 0 Å². The Morgan fingerprint density at radius 1 is 1.17 bits per heavy atom. The SMILES string of the molecule is OC1CCN(CC2CCN(c3ccnc(C(F)(F)F)c3)C2)CC1. The molecule has 4 nitrogen and oxygen atoms in total. The van der Waals surface area contributed by atoms with Crippen LogP contribution in [0.25, 0.3) is 0 Å². The number of anilines is 1. The molecule has 1 aromatic heterocycles. The Kier molecular flexibility index (Phi) is 4.77. The number of aromatic nitrogens is 1. The number of pyridine rings is 1. The van der Waals surface area contributed by atoms with Gasteiger partial charge in [-0.1, -0.05) is 0 Å². The lowest BCUT2D eigenvalue weighted by molar-refractivity contribution is -0.141. The average Bonchev–Trinajstić information content (AvgIpc) is 2.97. The van der Waals surface area contributed by atoms with Crippen LogP contribution in [0.2, 0.25) is 0 Å². The van der Waals surface area contributed by atoms with E-state index in [-0.39, 0.29) is 6.10 Å². The highest BCUT2D eigenvalue weighted by molar-refractivity contribution is 5.48. The van der Waals surface area contributed by atoms with Crippen molar-refractivity contribution in [1.29, 1.82) is 0 Å². The molecule has 0 radical (unpaired) electrons. The Balaban J connectivity index is 1.57. The van der Waals surface area contributed by atoms with Crippen molar-refractivity contribution >= 4 is 5.69 Å². The number of halogens is 3. The highest BCUT2D eigenvalue weighted by Gasteiger charge is 2.33. The first kappa shape index (κ1) is 16.5. The van der Waals surface area contributed by atoms with E-state index >= 15 is 0 Å². The summed E-state index contributed by atoms with van der Waals surface area (Å²) in [5.41, 5.74) is -0.229. The largest absolute Gasteiger partial charge is 0.433 e. The monoisotopic (exact) mass is 329 g/mol. The molecular weight excluding hydrogens is 307 g/mol. The summed E-state index contributed by atoms with van der Waals surface area (Å²) >= 11 is 0. The molecule has 0 spiro atoms. The Labute approximate surface area is 133 Å². The van der Waals surface area contributed by atoms with Gasteiger partial charge >= 0.3 is 6.18 Å². The molecule has 1 aromatic rings. The molecule has 3 rings (SSSR count). The van der Waals surface area contributed by atoms with Gasteiger partial charge in [-0.2, -0.15) is 13.2 Å². The summed E-state index contributed by atoms with van der Waals surface area (Å²) < 4.78 is 38.3. The number of hydrogen-bond acceptors (Lipinski definition) is 4. The number of likely N-dealkylation sites (tertiary alicyclic amines) is 1. The molecule has 2 fully saturated rings. The number of aliphatic hydroxyl groups excluding tert-OH is 1. The summed E-state index contributed by atoms with van der Waals surface area (Å²) in [5.74, 6) is 0.466. The number of nitrogens with zero attached hydrogens (tertiary/aromatic N) is 3. The van der Waals surface area contributed by atoms with E-state index in [2.05, 4.69) is 9.88 Å². The first-order valence-corrected chi connectivity index (χ1v) is 8.10. The Bertz CT molecular complexity index is 530. The molecule has 2 saturated heterocycles. The topological polar surface area (TPSA) is 39.6 Å². The summed E-state index contributed by atoms with van der Waals surface area (Å²) in [5, 5.41) is 9.54. The molecule has 0 aliphatic carbocycles. The lowest BCUT2D eigenvalue weighted by Gasteiger charge is -2.31. The molecule has 1 unspecified atom stereocenters. The highest BCUT2D eigenvalue weighted by Crippen LogP contribution is 2.31. The van der Waals surface area contributed by atoms with Gasteiger partial charge < -0.3 is 14.9 Å². The third kappa shape index (κ3) is 4.14. The van der Waals surface area contributed by atoms with E-state index in [4.69, 9.17) is 0 Å². The van der Waals surface area contributed by atoms with Crippen molar-refractivity contribution in [2.24, 2.45) is 5.92 Å². The fourth-order valence-electron chi connectivity index (χ4n) is 3.45. The van der Waals surface area contributed by atoms with Crippen LogP contribution in [0.4, 0.5) is 18.9 Å². The smallest absolute Gasteiger partial charge is 0.393 e. The Hall–Kier alpha value is -1.34. The number of alkyl halides is 3. The van der Waals surface area contributed by atoms with E-state index in [1.54, 1.807) is 6.07 Å². The van der Waals surface area contributed by atoms with E-state index in [0.29, 0.717) is 11.6 Å². The molecule has 0 amide bonds. The summed E-state index contributed by atoms with van der Waals surface area (Å²) in [6, 6.07) is 2.79. The molecule has 128 valence electrons. The first-order valence-electron chi connectivity index (χ1n) is 8.10. The van der Waals surface area contributed by atoms with E-state index in [9.17, 15) is 18.3 Å². The van der Waals surface area contributed by atoms with Crippen molar-refractivity contribution < 1.29 is 18.3 Å². The molecule has 2 aliphatic heterocycles. The van der Waals surface area contributed by atoms with Crippen molar-refractivity contribution in [2.75, 3.05) is 37.6 Å². The zero-order valence-electron chi connectivity index (χ0n) is 13.0. The van der Waals surface area contributed by atoms with E-state index < -0.39 is 11.9 Å². The number of hydrogen-bond donors (Lipinski definition) is 1. The van der Waals surface area contributed by atoms with Crippen LogP contribution in [0.15, 0.2) is 18.3 Å². The minimum Gasteiger partial charge on any atom is -0.393 e. The molecule has 1 N–H and O–H groups in total. The lowest BCUT2D eigenvalue weighted by Crippen LogP contribution is -2.39. The van der Waals surface area contributed by atoms with Crippen LogP contribution in [0.1, 0.15) is 25.0 Å². The summed E-state index contributed by atoms with van der Waals surface area (Å²) in [4.78, 5) is 7.79. The summed E-state index contributed by atoms with van der Waals surface area (Å²) in [7, 11) is 0. The van der Waals surface area contributed by atoms with Crippen molar-refractivity contribution in [3.63, 3.8) is 0 Å². The van der Waals surface area contributed by atoms with Crippen LogP contribution in [0.3, 0.4) is 0 Å². The third-order valence-electron chi connectivity index (χ3n) is 4.76. The second kappa shape index (κ2) is 6.65. The summed E-state index contributed by atoms with van der Waals surface area (Å²) in [6.45, 7) is 4.33. The van der Waals surface area contributed by atoms with Crippen molar-refractivity contribution in [3.05, 3.63) is 24.0 Å². The Morgan fingerprint density at radius 2 is 1.91 bits per heavy atom. The minimum atomic E-state index is -4.40. The number of aliphatic hydroxyl groups is 1. The Morgan fingerprint density at radius 3 is 2.61 bits per heavy atom. The maximum Gasteiger partial charge on any atom is 0.433 e. The molecule has 23 heavy (non-hydrogen) atoms. The van der Waals surface area contributed by atoms with Gasteiger partial charge in [0, 0.05) is 44.6 Å². The van der Waals surface area contributed by atoms with Gasteiger partial charge in [-0.05, 0) is 37.3 Å². The molecule has 7 heteroatoms. The second-order valence-electron chi connectivity index (χ2n) is 6.53. The minimum absolute atomic E-state index is 0.177. The molecule has 2 aliphatic rings. The molecular formula is C16H22F3N3O. The van der Waals surface area contributed by atoms with Gasteiger partial charge in [-0.3, -0.25) is 4.98 Å². The highest BCUT2D eigenvalue weighted by atomic mass is 19.4. The molecule has 0 aromatic carbocycles. The van der Waals surface area contributed by atoms with E-state index in [1.165, 1.54) is 6.20 Å². The van der Waals surface area contributed by atoms with Gasteiger partial charge in [0.25, 0.3) is 0 Å². The number of piperidine rings is 1. The van der Waals surface area contributed by atoms with E-state index in [1.807, 2.05) is 4.90 Å². The van der Waals surface area contributed by atoms with Gasteiger partial charge in [0.1, 0.15) is 5.69 Å². The van der Waals surface area contributed by atoms with Crippen LogP contribution in [0, 0.1) is 5.92 Å². The zero-order chi connectivity index (χ0) is 16.4. The molecule has 0 bridgehead atoms. The van der Waals surface area contributed by atoms with Crippen molar-refractivity contribution in [1.82, 2.24) is 9.88 Å². The van der Waals surface area contributed by atoms with Crippen LogP contribution in [0.5, 0.6) is 0 Å². The normalized spacial score (nSPS) is 24.3. The maximum atomic E-state index is 12.8. The van der Waals surface area contributed by atoms with Gasteiger partial charge in [0.2, 0.25) is 0 Å². The van der Waals surface area contributed by atoms with Crippen molar-refractivity contribution in [2.45, 2.75) is 31.5 Å². The standard InChI is InChI=1S/C16H22F3N3O/c17-16(18,19)15-9-13(1-5-20-15)22-8-2-12(11-22)10-21-6-3-14(23)4-7-21/h1,5,9,12,14,23H,2-4,6-8,10-11H2. The predicted octanol–water partition coefficient (Wildman–Crippen LogP) is 2.38. The van der Waals surface area contributed by atoms with Crippen LogP contribution in [-0.2, 0) is 6.18 Å². The number of rotatable bonds is 3. The van der Waals surface area contributed by atoms with Gasteiger partial charge in [0.15, 0.2) is 0 Å². The average molecular weight is 329 g/mol. The second-order valence-corrected chi connectivity index (χ2v) is 6.53. The fourth-order valence-corrected chi connectivity index (χ4v) is 3.45. The van der Waals surface area contributed by atoms with Crippen LogP contribution < -0.4 is 4.90 Å². The fraction of sp³-hybridized carbons (Fsp3) is 0.688. The van der Waals surface area contributed by atoms with E-state index in [0.717, 1.165) is 58.1 Å². The van der Waals surface area contributed by atoms with Crippen LogP contribution >= 0.6 is 0 Å². The zero-order valence-corrected chi connectivity index (χ0v) is 13.0. The molecule has 0 saturated carbocycles. The molecule has 1 atom stereocenters. The lowest BCUT2D eigenvalue weighted by atomic mass is 10.0. The first-order chi connectivity index (χ1) is 10.9. The van der Waals surface area contributed by atoms with Crippen LogP contribution in [-0.4, -0.2) is 53.8 Å². The van der Waals surface area contributed by atoms with Gasteiger partial charge in [0.05, 0.1) is 6.10 Å². The maximum absolute atomic E-state index is 12.8. The molecule has 3 heterocycles. The third-order valence-corrected chi connectivity index (χ3v) is 4.76. The quantitative estimate of drug-likeness (QED) is 0.924. The summed E-state index contributed by atoms with van der Waals surface area (Å²) in [6.07, 6.45) is -0.723. The van der Waals surface area contributed by atoms with Gasteiger partial charge in [-0.15, -0.1) is 0 Å².